The standard InChI is InChI=1S/C25H28FNO5/c1-15(2)19-14-17(8-11-20(19)32-4)23(28)21-22(16-6-9-18(26)10-7-16)27(12-5-13-31-3)25(30)24(21)29/h6-11,14-15,22,28H,5,12-13H2,1-4H3/b23-21-. The summed E-state index contributed by atoms with van der Waals surface area (Å²) in [5, 5.41) is 11.2. The van der Waals surface area contributed by atoms with Crippen LogP contribution >= 0.6 is 0 Å². The van der Waals surface area contributed by atoms with Gasteiger partial charge < -0.3 is 19.5 Å². The molecule has 0 radical (unpaired) electrons. The highest BCUT2D eigenvalue weighted by Crippen LogP contribution is 2.40. The zero-order valence-electron chi connectivity index (χ0n) is 18.7. The van der Waals surface area contributed by atoms with Crippen molar-refractivity contribution in [3.63, 3.8) is 0 Å². The van der Waals surface area contributed by atoms with E-state index < -0.39 is 23.5 Å². The second kappa shape index (κ2) is 9.96. The molecule has 1 atom stereocenters. The van der Waals surface area contributed by atoms with Gasteiger partial charge in [-0.1, -0.05) is 26.0 Å². The molecule has 7 heteroatoms. The number of methoxy groups -OCH3 is 2. The zero-order chi connectivity index (χ0) is 23.4. The lowest BCUT2D eigenvalue weighted by Gasteiger charge is -2.25. The number of carbonyl (C=O) groups excluding carboxylic acids is 2. The number of hydrogen-bond acceptors (Lipinski definition) is 5. The average molecular weight is 441 g/mol. The van der Waals surface area contributed by atoms with Gasteiger partial charge in [0.25, 0.3) is 11.7 Å². The third-order valence-corrected chi connectivity index (χ3v) is 5.60. The topological polar surface area (TPSA) is 76.1 Å². The first-order chi connectivity index (χ1) is 15.3. The molecule has 1 unspecified atom stereocenters. The maximum Gasteiger partial charge on any atom is 0.295 e. The van der Waals surface area contributed by atoms with Crippen molar-refractivity contribution in [1.82, 2.24) is 4.90 Å². The van der Waals surface area contributed by atoms with Gasteiger partial charge in [0.05, 0.1) is 18.7 Å². The second-order valence-corrected chi connectivity index (χ2v) is 8.00. The summed E-state index contributed by atoms with van der Waals surface area (Å²) in [6, 6.07) is 9.91. The summed E-state index contributed by atoms with van der Waals surface area (Å²) in [7, 11) is 3.13. The predicted molar refractivity (Wildman–Crippen MR) is 119 cm³/mol. The smallest absolute Gasteiger partial charge is 0.295 e. The van der Waals surface area contributed by atoms with Crippen molar-refractivity contribution < 1.29 is 28.6 Å². The number of rotatable bonds is 8. The van der Waals surface area contributed by atoms with Crippen molar-refractivity contribution in [2.45, 2.75) is 32.2 Å². The van der Waals surface area contributed by atoms with E-state index in [0.717, 1.165) is 5.56 Å². The molecule has 1 heterocycles. The van der Waals surface area contributed by atoms with Gasteiger partial charge in [-0.15, -0.1) is 0 Å². The molecule has 1 aliphatic rings. The Bertz CT molecular complexity index is 1030. The van der Waals surface area contributed by atoms with Crippen LogP contribution in [0.1, 0.15) is 48.9 Å². The molecule has 1 N–H and O–H groups in total. The lowest BCUT2D eigenvalue weighted by Crippen LogP contribution is -2.31. The normalized spacial score (nSPS) is 17.9. The lowest BCUT2D eigenvalue weighted by molar-refractivity contribution is -0.140. The molecule has 1 amide bonds. The zero-order valence-corrected chi connectivity index (χ0v) is 18.7. The average Bonchev–Trinajstić information content (AvgIpc) is 3.03. The molecule has 0 aromatic heterocycles. The Kier molecular flexibility index (Phi) is 7.30. The molecule has 0 spiro atoms. The van der Waals surface area contributed by atoms with E-state index in [4.69, 9.17) is 9.47 Å². The molecule has 2 aromatic carbocycles. The fourth-order valence-corrected chi connectivity index (χ4v) is 3.97. The van der Waals surface area contributed by atoms with Crippen molar-refractivity contribution in [1.29, 1.82) is 0 Å². The first kappa shape index (κ1) is 23.5. The molecule has 32 heavy (non-hydrogen) atoms. The first-order valence-electron chi connectivity index (χ1n) is 10.5. The number of carbonyl (C=O) groups is 2. The maximum absolute atomic E-state index is 13.5. The predicted octanol–water partition coefficient (Wildman–Crippen LogP) is 4.42. The van der Waals surface area contributed by atoms with Crippen LogP contribution in [0.15, 0.2) is 48.0 Å². The molecule has 0 bridgehead atoms. The van der Waals surface area contributed by atoms with Crippen LogP contribution in [0, 0.1) is 5.82 Å². The van der Waals surface area contributed by atoms with E-state index in [1.54, 1.807) is 32.4 Å². The van der Waals surface area contributed by atoms with Gasteiger partial charge in [-0.2, -0.15) is 0 Å². The molecule has 0 saturated carbocycles. The van der Waals surface area contributed by atoms with E-state index in [-0.39, 0.29) is 23.8 Å². The van der Waals surface area contributed by atoms with E-state index in [0.29, 0.717) is 29.9 Å². The lowest BCUT2D eigenvalue weighted by atomic mass is 9.93. The van der Waals surface area contributed by atoms with Gasteiger partial charge in [-0.25, -0.2) is 4.39 Å². The number of halogens is 1. The van der Waals surface area contributed by atoms with Gasteiger partial charge >= 0.3 is 0 Å². The van der Waals surface area contributed by atoms with Crippen LogP contribution in [0.25, 0.3) is 5.76 Å². The minimum Gasteiger partial charge on any atom is -0.507 e. The van der Waals surface area contributed by atoms with Gasteiger partial charge in [-0.3, -0.25) is 9.59 Å². The second-order valence-electron chi connectivity index (χ2n) is 8.00. The highest BCUT2D eigenvalue weighted by atomic mass is 19.1. The fourth-order valence-electron chi connectivity index (χ4n) is 3.97. The number of Topliss-reactive ketones (excluding diaryl/α,β-unsaturated/α-hetero) is 1. The van der Waals surface area contributed by atoms with Gasteiger partial charge in [0, 0.05) is 25.8 Å². The van der Waals surface area contributed by atoms with Gasteiger partial charge in [-0.05, 0) is 53.8 Å². The van der Waals surface area contributed by atoms with Crippen LogP contribution in [0.5, 0.6) is 5.75 Å². The van der Waals surface area contributed by atoms with E-state index in [1.807, 2.05) is 13.8 Å². The van der Waals surface area contributed by atoms with Crippen molar-refractivity contribution in [2.75, 3.05) is 27.4 Å². The van der Waals surface area contributed by atoms with E-state index in [1.165, 1.54) is 29.2 Å². The molecule has 2 aromatic rings. The molecule has 1 aliphatic heterocycles. The number of ether oxygens (including phenoxy) is 2. The third-order valence-electron chi connectivity index (χ3n) is 5.60. The number of aliphatic hydroxyl groups excluding tert-OH is 1. The van der Waals surface area contributed by atoms with Crippen molar-refractivity contribution in [3.05, 3.63) is 70.5 Å². The summed E-state index contributed by atoms with van der Waals surface area (Å²) in [4.78, 5) is 27.3. The monoisotopic (exact) mass is 441 g/mol. The maximum atomic E-state index is 13.5. The highest BCUT2D eigenvalue weighted by molar-refractivity contribution is 6.46. The quantitative estimate of drug-likeness (QED) is 0.284. The Morgan fingerprint density at radius 3 is 2.41 bits per heavy atom. The minimum atomic E-state index is -0.822. The Labute approximate surface area is 187 Å². The third kappa shape index (κ3) is 4.53. The number of benzene rings is 2. The summed E-state index contributed by atoms with van der Waals surface area (Å²) >= 11 is 0. The highest BCUT2D eigenvalue weighted by Gasteiger charge is 2.45. The molecule has 0 aliphatic carbocycles. The number of ketones is 1. The number of hydrogen-bond donors (Lipinski definition) is 1. The Morgan fingerprint density at radius 1 is 1.12 bits per heavy atom. The number of likely N-dealkylation sites (tertiary alicyclic amines) is 1. The summed E-state index contributed by atoms with van der Waals surface area (Å²) < 4.78 is 24.0. The molecule has 170 valence electrons. The molecule has 3 rings (SSSR count). The van der Waals surface area contributed by atoms with Gasteiger partial charge in [0.15, 0.2) is 0 Å². The largest absolute Gasteiger partial charge is 0.507 e. The van der Waals surface area contributed by atoms with Crippen molar-refractivity contribution >= 4 is 17.4 Å². The van der Waals surface area contributed by atoms with Crippen LogP contribution in [-0.2, 0) is 14.3 Å². The molecular weight excluding hydrogens is 413 g/mol. The molecule has 1 fully saturated rings. The SMILES string of the molecule is COCCCN1C(=O)C(=O)/C(=C(\O)c2ccc(OC)c(C(C)C)c2)C1c1ccc(F)cc1. The first-order valence-corrected chi connectivity index (χ1v) is 10.5. The van der Waals surface area contributed by atoms with Crippen LogP contribution in [-0.4, -0.2) is 49.1 Å². The van der Waals surface area contributed by atoms with Gasteiger partial charge in [0.1, 0.15) is 17.3 Å². The summed E-state index contributed by atoms with van der Waals surface area (Å²) in [5.74, 6) is -1.38. The Balaban J connectivity index is 2.15. The molecule has 1 saturated heterocycles. The number of amides is 1. The fraction of sp³-hybridized carbons (Fsp3) is 0.360. The number of aliphatic hydroxyl groups is 1. The summed E-state index contributed by atoms with van der Waals surface area (Å²) in [6.45, 7) is 4.66. The molecule has 6 nitrogen and oxygen atoms in total. The van der Waals surface area contributed by atoms with Crippen LogP contribution in [0.4, 0.5) is 4.39 Å². The van der Waals surface area contributed by atoms with Gasteiger partial charge in [0.2, 0.25) is 0 Å². The van der Waals surface area contributed by atoms with Crippen molar-refractivity contribution in [3.8, 4) is 5.75 Å². The number of nitrogens with zero attached hydrogens (tertiary/aromatic N) is 1. The Hall–Kier alpha value is -3.19. The molecular formula is C25H28FNO5. The van der Waals surface area contributed by atoms with Crippen LogP contribution in [0.2, 0.25) is 0 Å². The summed E-state index contributed by atoms with van der Waals surface area (Å²) in [5.41, 5.74) is 1.81. The van der Waals surface area contributed by atoms with E-state index in [2.05, 4.69) is 0 Å². The van der Waals surface area contributed by atoms with E-state index >= 15 is 0 Å². The van der Waals surface area contributed by atoms with Crippen LogP contribution in [0.3, 0.4) is 0 Å². The van der Waals surface area contributed by atoms with E-state index in [9.17, 15) is 19.1 Å². The Morgan fingerprint density at radius 2 is 1.81 bits per heavy atom. The summed E-state index contributed by atoms with van der Waals surface area (Å²) in [6.07, 6.45) is 0.515. The minimum absolute atomic E-state index is 0.0149. The van der Waals surface area contributed by atoms with Crippen LogP contribution < -0.4 is 4.74 Å². The van der Waals surface area contributed by atoms with Crippen molar-refractivity contribution in [2.24, 2.45) is 0 Å².